The van der Waals surface area contributed by atoms with E-state index in [0.717, 1.165) is 31.0 Å². The maximum atomic E-state index is 6.18. The van der Waals surface area contributed by atoms with Gasteiger partial charge >= 0.3 is 0 Å². The number of rotatable bonds is 9. The van der Waals surface area contributed by atoms with Gasteiger partial charge < -0.3 is 14.8 Å². The molecule has 0 bridgehead atoms. The standard InChI is InChI=1S/C15H24ClNO2/c1-4-17-10-13-5-6-15(14(16)9-13)19-8-7-18-11-12(2)3/h5-6,9,12,17H,4,7-8,10-11H2,1-3H3. The summed E-state index contributed by atoms with van der Waals surface area (Å²) in [5, 5.41) is 3.91. The third-order valence-corrected chi connectivity index (χ3v) is 2.81. The van der Waals surface area contributed by atoms with Crippen LogP contribution in [0.5, 0.6) is 5.75 Å². The van der Waals surface area contributed by atoms with Gasteiger partial charge in [0.25, 0.3) is 0 Å². The summed E-state index contributed by atoms with van der Waals surface area (Å²) >= 11 is 6.18. The van der Waals surface area contributed by atoms with Crippen LogP contribution < -0.4 is 10.1 Å². The molecular formula is C15H24ClNO2. The fourth-order valence-electron chi connectivity index (χ4n) is 1.57. The van der Waals surface area contributed by atoms with Crippen molar-refractivity contribution in [3.63, 3.8) is 0 Å². The van der Waals surface area contributed by atoms with Crippen molar-refractivity contribution >= 4 is 11.6 Å². The van der Waals surface area contributed by atoms with Gasteiger partial charge in [-0.25, -0.2) is 0 Å². The van der Waals surface area contributed by atoms with Crippen molar-refractivity contribution in [3.8, 4) is 5.75 Å². The predicted octanol–water partition coefficient (Wildman–Crippen LogP) is 3.50. The maximum Gasteiger partial charge on any atom is 0.138 e. The third kappa shape index (κ3) is 6.81. The molecule has 0 atom stereocenters. The molecule has 0 saturated carbocycles. The number of hydrogen-bond acceptors (Lipinski definition) is 3. The summed E-state index contributed by atoms with van der Waals surface area (Å²) in [4.78, 5) is 0. The van der Waals surface area contributed by atoms with E-state index in [1.807, 2.05) is 18.2 Å². The minimum atomic E-state index is 0.527. The number of halogens is 1. The summed E-state index contributed by atoms with van der Waals surface area (Å²) in [6.07, 6.45) is 0. The summed E-state index contributed by atoms with van der Waals surface area (Å²) in [5.41, 5.74) is 1.16. The van der Waals surface area contributed by atoms with Crippen molar-refractivity contribution in [2.45, 2.75) is 27.3 Å². The van der Waals surface area contributed by atoms with E-state index in [1.165, 1.54) is 0 Å². The molecule has 0 aliphatic carbocycles. The Bertz CT molecular complexity index is 369. The minimum Gasteiger partial charge on any atom is -0.490 e. The quantitative estimate of drug-likeness (QED) is 0.705. The van der Waals surface area contributed by atoms with E-state index < -0.39 is 0 Å². The van der Waals surface area contributed by atoms with E-state index in [4.69, 9.17) is 21.1 Å². The van der Waals surface area contributed by atoms with Crippen LogP contribution in [0.4, 0.5) is 0 Å². The van der Waals surface area contributed by atoms with E-state index in [2.05, 4.69) is 26.1 Å². The molecule has 1 aromatic carbocycles. The lowest BCUT2D eigenvalue weighted by Crippen LogP contribution is -2.12. The Morgan fingerprint density at radius 3 is 2.68 bits per heavy atom. The highest BCUT2D eigenvalue weighted by Crippen LogP contribution is 2.25. The average molecular weight is 286 g/mol. The monoisotopic (exact) mass is 285 g/mol. The van der Waals surface area contributed by atoms with Gasteiger partial charge in [-0.15, -0.1) is 0 Å². The Labute approximate surface area is 121 Å². The van der Waals surface area contributed by atoms with Crippen molar-refractivity contribution in [2.75, 3.05) is 26.4 Å². The van der Waals surface area contributed by atoms with Crippen LogP contribution in [0.3, 0.4) is 0 Å². The van der Waals surface area contributed by atoms with Gasteiger partial charge in [0.05, 0.1) is 11.6 Å². The SMILES string of the molecule is CCNCc1ccc(OCCOCC(C)C)c(Cl)c1. The van der Waals surface area contributed by atoms with Gasteiger partial charge in [0, 0.05) is 13.2 Å². The second kappa shape index (κ2) is 9.18. The zero-order chi connectivity index (χ0) is 14.1. The molecule has 0 spiro atoms. The van der Waals surface area contributed by atoms with Crippen molar-refractivity contribution in [3.05, 3.63) is 28.8 Å². The van der Waals surface area contributed by atoms with Gasteiger partial charge in [0.1, 0.15) is 12.4 Å². The lowest BCUT2D eigenvalue weighted by Gasteiger charge is -2.11. The first kappa shape index (κ1) is 16.3. The molecule has 0 unspecified atom stereocenters. The molecule has 1 aromatic rings. The third-order valence-electron chi connectivity index (χ3n) is 2.51. The zero-order valence-electron chi connectivity index (χ0n) is 12.0. The highest BCUT2D eigenvalue weighted by molar-refractivity contribution is 6.32. The first-order valence-electron chi connectivity index (χ1n) is 6.83. The van der Waals surface area contributed by atoms with Gasteiger partial charge in [0.2, 0.25) is 0 Å². The van der Waals surface area contributed by atoms with Gasteiger partial charge in [-0.1, -0.05) is 38.4 Å². The minimum absolute atomic E-state index is 0.527. The Kier molecular flexibility index (Phi) is 7.87. The van der Waals surface area contributed by atoms with E-state index in [0.29, 0.717) is 24.2 Å². The van der Waals surface area contributed by atoms with Crippen LogP contribution in [0.2, 0.25) is 5.02 Å². The van der Waals surface area contributed by atoms with Crippen LogP contribution in [-0.4, -0.2) is 26.4 Å². The Morgan fingerprint density at radius 1 is 1.26 bits per heavy atom. The number of ether oxygens (including phenoxy) is 2. The average Bonchev–Trinajstić information content (AvgIpc) is 2.37. The Morgan fingerprint density at radius 2 is 2.05 bits per heavy atom. The lowest BCUT2D eigenvalue weighted by molar-refractivity contribution is 0.0819. The van der Waals surface area contributed by atoms with Crippen molar-refractivity contribution in [1.29, 1.82) is 0 Å². The zero-order valence-corrected chi connectivity index (χ0v) is 12.8. The fourth-order valence-corrected chi connectivity index (χ4v) is 1.83. The molecule has 0 fully saturated rings. The molecule has 108 valence electrons. The normalized spacial score (nSPS) is 11.0. The van der Waals surface area contributed by atoms with Crippen LogP contribution in [0, 0.1) is 5.92 Å². The van der Waals surface area contributed by atoms with E-state index >= 15 is 0 Å². The van der Waals surface area contributed by atoms with Crippen LogP contribution >= 0.6 is 11.6 Å². The lowest BCUT2D eigenvalue weighted by atomic mass is 10.2. The molecule has 1 rings (SSSR count). The molecule has 0 aliphatic heterocycles. The summed E-state index contributed by atoms with van der Waals surface area (Å²) in [6, 6.07) is 5.88. The van der Waals surface area contributed by atoms with Crippen LogP contribution in [0.15, 0.2) is 18.2 Å². The second-order valence-electron chi connectivity index (χ2n) is 4.86. The number of benzene rings is 1. The molecule has 0 amide bonds. The van der Waals surface area contributed by atoms with Gasteiger partial charge in [-0.3, -0.25) is 0 Å². The first-order valence-corrected chi connectivity index (χ1v) is 7.21. The van der Waals surface area contributed by atoms with Crippen molar-refractivity contribution < 1.29 is 9.47 Å². The number of nitrogens with one attached hydrogen (secondary N) is 1. The first-order chi connectivity index (χ1) is 9.13. The topological polar surface area (TPSA) is 30.5 Å². The molecule has 0 saturated heterocycles. The second-order valence-corrected chi connectivity index (χ2v) is 5.27. The van der Waals surface area contributed by atoms with Crippen molar-refractivity contribution in [2.24, 2.45) is 5.92 Å². The molecule has 19 heavy (non-hydrogen) atoms. The van der Waals surface area contributed by atoms with Gasteiger partial charge in [0.15, 0.2) is 0 Å². The fraction of sp³-hybridized carbons (Fsp3) is 0.600. The molecule has 0 aromatic heterocycles. The molecule has 0 radical (unpaired) electrons. The van der Waals surface area contributed by atoms with E-state index in [-0.39, 0.29) is 0 Å². The van der Waals surface area contributed by atoms with Crippen molar-refractivity contribution in [1.82, 2.24) is 5.32 Å². The Balaban J connectivity index is 2.33. The maximum absolute atomic E-state index is 6.18. The highest BCUT2D eigenvalue weighted by Gasteiger charge is 2.03. The van der Waals surface area contributed by atoms with Crippen LogP contribution in [0.25, 0.3) is 0 Å². The van der Waals surface area contributed by atoms with Crippen LogP contribution in [0.1, 0.15) is 26.3 Å². The molecule has 3 nitrogen and oxygen atoms in total. The van der Waals surface area contributed by atoms with E-state index in [1.54, 1.807) is 0 Å². The predicted molar refractivity (Wildman–Crippen MR) is 80.0 cm³/mol. The van der Waals surface area contributed by atoms with Gasteiger partial charge in [-0.05, 0) is 30.2 Å². The van der Waals surface area contributed by atoms with E-state index in [9.17, 15) is 0 Å². The molecule has 1 N–H and O–H groups in total. The largest absolute Gasteiger partial charge is 0.490 e. The summed E-state index contributed by atoms with van der Waals surface area (Å²) in [6.45, 7) is 9.99. The molecule has 0 aliphatic rings. The molecule has 0 heterocycles. The summed E-state index contributed by atoms with van der Waals surface area (Å²) in [7, 11) is 0. The molecule has 4 heteroatoms. The van der Waals surface area contributed by atoms with Crippen LogP contribution in [-0.2, 0) is 11.3 Å². The smallest absolute Gasteiger partial charge is 0.138 e. The Hall–Kier alpha value is -0.770. The number of hydrogen-bond donors (Lipinski definition) is 1. The summed E-state index contributed by atoms with van der Waals surface area (Å²) < 4.78 is 11.1. The molecular weight excluding hydrogens is 262 g/mol. The van der Waals surface area contributed by atoms with Gasteiger partial charge in [-0.2, -0.15) is 0 Å². The summed E-state index contributed by atoms with van der Waals surface area (Å²) in [5.74, 6) is 1.27. The highest BCUT2D eigenvalue weighted by atomic mass is 35.5.